The number of carbonyl (C=O) groups excluding carboxylic acids is 1. The monoisotopic (exact) mass is 294 g/mol. The second-order valence-electron chi connectivity index (χ2n) is 4.46. The smallest absolute Gasteiger partial charge is 0.267 e. The summed E-state index contributed by atoms with van der Waals surface area (Å²) in [6.07, 6.45) is 2.89. The zero-order valence-corrected chi connectivity index (χ0v) is 12.1. The van der Waals surface area contributed by atoms with Crippen molar-refractivity contribution >= 4 is 15.9 Å². The van der Waals surface area contributed by atoms with Crippen LogP contribution in [0.15, 0.2) is 33.8 Å². The van der Waals surface area contributed by atoms with E-state index in [9.17, 15) is 13.2 Å². The maximum atomic E-state index is 12.1. The molecule has 0 aliphatic carbocycles. The van der Waals surface area contributed by atoms with E-state index >= 15 is 0 Å². The molecule has 0 aliphatic heterocycles. The molecule has 7 heteroatoms. The number of aryl methyl sites for hydroxylation is 3. The number of amides is 1. The highest BCUT2D eigenvalue weighted by atomic mass is 32.2. The van der Waals surface area contributed by atoms with E-state index < -0.39 is 15.9 Å². The first kappa shape index (κ1) is 14.3. The molecule has 0 fully saturated rings. The molecule has 0 saturated carbocycles. The number of hydrogen-bond acceptors (Lipinski definition) is 5. The van der Waals surface area contributed by atoms with Gasteiger partial charge in [-0.25, -0.2) is 13.1 Å². The fourth-order valence-electron chi connectivity index (χ4n) is 1.79. The number of rotatable bonds is 3. The Kier molecular flexibility index (Phi) is 3.63. The van der Waals surface area contributed by atoms with Crippen molar-refractivity contribution in [2.24, 2.45) is 0 Å². The summed E-state index contributed by atoms with van der Waals surface area (Å²) in [5.74, 6) is -0.0165. The van der Waals surface area contributed by atoms with Gasteiger partial charge in [0.25, 0.3) is 15.9 Å². The number of nitrogens with zero attached hydrogens (tertiary/aromatic N) is 1. The van der Waals surface area contributed by atoms with Gasteiger partial charge in [-0.1, -0.05) is 0 Å². The Labute approximate surface area is 116 Å². The summed E-state index contributed by atoms with van der Waals surface area (Å²) in [5.41, 5.74) is 0.955. The van der Waals surface area contributed by atoms with Gasteiger partial charge in [0, 0.05) is 18.5 Å². The van der Waals surface area contributed by atoms with Gasteiger partial charge in [-0.2, -0.15) is 0 Å². The minimum absolute atomic E-state index is 0.0380. The van der Waals surface area contributed by atoms with Crippen LogP contribution in [0.1, 0.15) is 27.4 Å². The van der Waals surface area contributed by atoms with E-state index in [1.54, 1.807) is 26.1 Å². The predicted molar refractivity (Wildman–Crippen MR) is 71.8 cm³/mol. The number of hydrogen-bond donors (Lipinski definition) is 1. The third-order valence-corrected chi connectivity index (χ3v) is 4.09. The molecule has 1 amide bonds. The molecule has 1 N–H and O–H groups in total. The van der Waals surface area contributed by atoms with Crippen LogP contribution in [0.3, 0.4) is 0 Å². The molecule has 20 heavy (non-hydrogen) atoms. The Morgan fingerprint density at radius 2 is 1.90 bits per heavy atom. The predicted octanol–water partition coefficient (Wildman–Crippen LogP) is 1.72. The molecule has 0 radical (unpaired) electrons. The van der Waals surface area contributed by atoms with Gasteiger partial charge in [0.15, 0.2) is 0 Å². The lowest BCUT2D eigenvalue weighted by Gasteiger charge is -2.06. The Hall–Kier alpha value is -2.15. The maximum Gasteiger partial charge on any atom is 0.267 e. The fourth-order valence-corrected chi connectivity index (χ4v) is 3.00. The quantitative estimate of drug-likeness (QED) is 0.931. The van der Waals surface area contributed by atoms with Gasteiger partial charge in [0.2, 0.25) is 0 Å². The molecule has 2 rings (SSSR count). The molecule has 0 aromatic carbocycles. The first-order valence-electron chi connectivity index (χ1n) is 5.85. The zero-order chi connectivity index (χ0) is 14.9. The van der Waals surface area contributed by atoms with Gasteiger partial charge < -0.3 is 4.42 Å². The van der Waals surface area contributed by atoms with E-state index in [-0.39, 0.29) is 16.2 Å². The van der Waals surface area contributed by atoms with Crippen LogP contribution in [0.5, 0.6) is 0 Å². The molecule has 6 nitrogen and oxygen atoms in total. The van der Waals surface area contributed by atoms with Crippen LogP contribution in [0.4, 0.5) is 0 Å². The van der Waals surface area contributed by atoms with E-state index in [4.69, 9.17) is 4.42 Å². The van der Waals surface area contributed by atoms with E-state index in [0.717, 1.165) is 5.56 Å². The van der Waals surface area contributed by atoms with Gasteiger partial charge in [-0.15, -0.1) is 0 Å². The summed E-state index contributed by atoms with van der Waals surface area (Å²) in [6.45, 7) is 4.93. The van der Waals surface area contributed by atoms with Crippen molar-refractivity contribution in [1.82, 2.24) is 9.71 Å². The standard InChI is InChI=1S/C13H14N2O4S/c1-8-4-11(7-14-6-8)13(16)15-20(17,18)12-5-9(2)19-10(12)3/h4-7H,1-3H3,(H,15,16). The molecular weight excluding hydrogens is 280 g/mol. The van der Waals surface area contributed by atoms with Crippen LogP contribution in [0, 0.1) is 20.8 Å². The van der Waals surface area contributed by atoms with Crippen molar-refractivity contribution in [2.75, 3.05) is 0 Å². The maximum absolute atomic E-state index is 12.1. The minimum Gasteiger partial charge on any atom is -0.465 e. The van der Waals surface area contributed by atoms with Crippen LogP contribution < -0.4 is 4.72 Å². The van der Waals surface area contributed by atoms with Crippen molar-refractivity contribution < 1.29 is 17.6 Å². The van der Waals surface area contributed by atoms with Crippen LogP contribution in [0.25, 0.3) is 0 Å². The van der Waals surface area contributed by atoms with Crippen LogP contribution >= 0.6 is 0 Å². The van der Waals surface area contributed by atoms with Gasteiger partial charge >= 0.3 is 0 Å². The van der Waals surface area contributed by atoms with Gasteiger partial charge in [-0.05, 0) is 32.4 Å². The number of furan rings is 1. The molecule has 0 bridgehead atoms. The number of sulfonamides is 1. The van der Waals surface area contributed by atoms with Crippen molar-refractivity contribution in [3.63, 3.8) is 0 Å². The second kappa shape index (κ2) is 5.09. The number of aromatic nitrogens is 1. The summed E-state index contributed by atoms with van der Waals surface area (Å²) in [5, 5.41) is 0. The molecule has 0 spiro atoms. The molecule has 2 heterocycles. The number of pyridine rings is 1. The highest BCUT2D eigenvalue weighted by Gasteiger charge is 2.23. The Balaban J connectivity index is 2.29. The van der Waals surface area contributed by atoms with Crippen molar-refractivity contribution in [1.29, 1.82) is 0 Å². The lowest BCUT2D eigenvalue weighted by Crippen LogP contribution is -2.30. The van der Waals surface area contributed by atoms with Crippen LogP contribution in [-0.2, 0) is 10.0 Å². The third kappa shape index (κ3) is 2.88. The first-order valence-corrected chi connectivity index (χ1v) is 7.34. The van der Waals surface area contributed by atoms with E-state index in [1.807, 2.05) is 4.72 Å². The summed E-state index contributed by atoms with van der Waals surface area (Å²) >= 11 is 0. The Morgan fingerprint density at radius 3 is 2.45 bits per heavy atom. The largest absolute Gasteiger partial charge is 0.465 e. The van der Waals surface area contributed by atoms with Crippen molar-refractivity contribution in [3.8, 4) is 0 Å². The normalized spacial score (nSPS) is 11.3. The van der Waals surface area contributed by atoms with Gasteiger partial charge in [0.1, 0.15) is 16.4 Å². The lowest BCUT2D eigenvalue weighted by atomic mass is 10.2. The molecular formula is C13H14N2O4S. The molecule has 2 aromatic rings. The molecule has 106 valence electrons. The lowest BCUT2D eigenvalue weighted by molar-refractivity contribution is 0.0981. The van der Waals surface area contributed by atoms with Crippen LogP contribution in [0.2, 0.25) is 0 Å². The summed E-state index contributed by atoms with van der Waals surface area (Å²) in [6, 6.07) is 2.94. The molecule has 0 unspecified atom stereocenters. The molecule has 2 aromatic heterocycles. The average molecular weight is 294 g/mol. The Morgan fingerprint density at radius 1 is 1.20 bits per heavy atom. The highest BCUT2D eigenvalue weighted by molar-refractivity contribution is 7.90. The summed E-state index contributed by atoms with van der Waals surface area (Å²) < 4.78 is 31.4. The summed E-state index contributed by atoms with van der Waals surface area (Å²) in [7, 11) is -3.95. The van der Waals surface area contributed by atoms with E-state index in [1.165, 1.54) is 19.2 Å². The van der Waals surface area contributed by atoms with Crippen LogP contribution in [-0.4, -0.2) is 19.3 Å². The fraction of sp³-hybridized carbons (Fsp3) is 0.231. The van der Waals surface area contributed by atoms with E-state index in [0.29, 0.717) is 5.76 Å². The number of carbonyl (C=O) groups is 1. The summed E-state index contributed by atoms with van der Waals surface area (Å²) in [4.78, 5) is 15.8. The topological polar surface area (TPSA) is 89.3 Å². The SMILES string of the molecule is Cc1cncc(C(=O)NS(=O)(=O)c2cc(C)oc2C)c1. The average Bonchev–Trinajstić information content (AvgIpc) is 2.69. The van der Waals surface area contributed by atoms with Crippen molar-refractivity contribution in [3.05, 3.63) is 47.2 Å². The van der Waals surface area contributed by atoms with Crippen molar-refractivity contribution in [2.45, 2.75) is 25.7 Å². The second-order valence-corrected chi connectivity index (χ2v) is 6.11. The van der Waals surface area contributed by atoms with Gasteiger partial charge in [-0.3, -0.25) is 9.78 Å². The molecule has 0 aliphatic rings. The molecule has 0 atom stereocenters. The van der Waals surface area contributed by atoms with Gasteiger partial charge in [0.05, 0.1) is 5.56 Å². The first-order chi connectivity index (χ1) is 9.29. The highest BCUT2D eigenvalue weighted by Crippen LogP contribution is 2.19. The Bertz CT molecular complexity index is 762. The molecule has 0 saturated heterocycles. The third-order valence-electron chi connectivity index (χ3n) is 2.65. The minimum atomic E-state index is -3.95. The van der Waals surface area contributed by atoms with E-state index in [2.05, 4.69) is 4.98 Å². The zero-order valence-electron chi connectivity index (χ0n) is 11.3. The number of nitrogens with one attached hydrogen (secondary N) is 1.